The number of aromatic nitrogens is 1. The standard InChI is InChI=1S/C30H41NO10/c1-15-11-16(2)30-17(12-22(38-5)29(35)39-25(15)21(32)14-37-4)8-9-18-23(30)24(33)19(13-36-3)26(27(18)41-30)40-28(34)20-7-6-10-31-20/h6-11,15,17-19,21-27,31-33H,12-14H2,1-5H3/b16-11-/t15-,17-,18-,19-,21-,22+,23+,24-,25+,26-,27-,30+/m1/s1. The Morgan fingerprint density at radius 3 is 2.68 bits per heavy atom. The molecule has 226 valence electrons. The summed E-state index contributed by atoms with van der Waals surface area (Å²) in [6, 6.07) is 3.34. The SMILES string of the molecule is COC[C@@H]1[C@@H](O)[C@@H]2[C@H]3C=C[C@@H]4C[C@H](OC)C(=O)O[C@H]([C@H](O)COC)[C@H](C)/C=C(/C)[C@@]24O[C@H]3[C@@H]1OC(=O)c1ccc[nH]1. The van der Waals surface area contributed by atoms with Gasteiger partial charge in [0.25, 0.3) is 0 Å². The van der Waals surface area contributed by atoms with Crippen molar-refractivity contribution >= 4 is 11.9 Å². The van der Waals surface area contributed by atoms with Gasteiger partial charge >= 0.3 is 11.9 Å². The zero-order chi connectivity index (χ0) is 29.5. The van der Waals surface area contributed by atoms with E-state index < -0.39 is 71.9 Å². The van der Waals surface area contributed by atoms with Gasteiger partial charge in [0.1, 0.15) is 35.7 Å². The van der Waals surface area contributed by atoms with Crippen LogP contribution in [0.15, 0.2) is 42.1 Å². The molecule has 0 radical (unpaired) electrons. The fraction of sp³-hybridized carbons (Fsp3) is 0.667. The summed E-state index contributed by atoms with van der Waals surface area (Å²) in [5.41, 5.74) is 0.115. The van der Waals surface area contributed by atoms with E-state index in [1.807, 2.05) is 32.1 Å². The maximum absolute atomic E-state index is 13.3. The van der Waals surface area contributed by atoms with Crippen molar-refractivity contribution in [3.8, 4) is 0 Å². The first kappa shape index (κ1) is 29.9. The molecule has 41 heavy (non-hydrogen) atoms. The van der Waals surface area contributed by atoms with Crippen LogP contribution in [0.4, 0.5) is 0 Å². The van der Waals surface area contributed by atoms with Gasteiger partial charge in [-0.15, -0.1) is 0 Å². The lowest BCUT2D eigenvalue weighted by Crippen LogP contribution is -2.58. The molecule has 2 aliphatic carbocycles. The van der Waals surface area contributed by atoms with Gasteiger partial charge in [-0.25, -0.2) is 9.59 Å². The Morgan fingerprint density at radius 2 is 2.02 bits per heavy atom. The minimum atomic E-state index is -1.07. The molecule has 2 aliphatic heterocycles. The Kier molecular flexibility index (Phi) is 8.75. The van der Waals surface area contributed by atoms with E-state index in [1.54, 1.807) is 25.4 Å². The highest BCUT2D eigenvalue weighted by Gasteiger charge is 2.69. The summed E-state index contributed by atoms with van der Waals surface area (Å²) in [5.74, 6) is -3.10. The van der Waals surface area contributed by atoms with Crippen LogP contribution in [0.25, 0.3) is 0 Å². The molecule has 4 aliphatic rings. The number of hydrogen-bond acceptors (Lipinski definition) is 10. The predicted molar refractivity (Wildman–Crippen MR) is 145 cm³/mol. The Morgan fingerprint density at radius 1 is 1.24 bits per heavy atom. The summed E-state index contributed by atoms with van der Waals surface area (Å²) in [7, 11) is 4.46. The fourth-order valence-corrected chi connectivity index (χ4v) is 7.55. The van der Waals surface area contributed by atoms with Crippen LogP contribution in [0.5, 0.6) is 0 Å². The van der Waals surface area contributed by atoms with Crippen LogP contribution in [0, 0.1) is 29.6 Å². The number of carbonyl (C=O) groups excluding carboxylic acids is 2. The first-order chi connectivity index (χ1) is 19.7. The van der Waals surface area contributed by atoms with Crippen LogP contribution in [0.2, 0.25) is 0 Å². The summed E-state index contributed by atoms with van der Waals surface area (Å²) in [4.78, 5) is 29.2. The van der Waals surface area contributed by atoms with Crippen molar-refractivity contribution in [2.24, 2.45) is 29.6 Å². The first-order valence-corrected chi connectivity index (χ1v) is 14.1. The van der Waals surface area contributed by atoms with E-state index in [1.165, 1.54) is 14.2 Å². The molecule has 11 heteroatoms. The van der Waals surface area contributed by atoms with E-state index in [0.717, 1.165) is 5.57 Å². The highest BCUT2D eigenvalue weighted by Crippen LogP contribution is 2.61. The molecule has 5 rings (SSSR count). The number of methoxy groups -OCH3 is 3. The number of hydrogen-bond donors (Lipinski definition) is 3. The van der Waals surface area contributed by atoms with Gasteiger partial charge in [-0.05, 0) is 31.1 Å². The summed E-state index contributed by atoms with van der Waals surface area (Å²) < 4.78 is 35.1. The van der Waals surface area contributed by atoms with Crippen molar-refractivity contribution in [1.29, 1.82) is 0 Å². The molecule has 12 atom stereocenters. The smallest absolute Gasteiger partial charge is 0.355 e. The number of aliphatic hydroxyl groups excluding tert-OH is 2. The Labute approximate surface area is 239 Å². The van der Waals surface area contributed by atoms with Crippen LogP contribution in [0.1, 0.15) is 30.8 Å². The maximum Gasteiger partial charge on any atom is 0.355 e. The number of nitrogens with one attached hydrogen (secondary N) is 1. The minimum Gasteiger partial charge on any atom is -0.457 e. The number of carbonyl (C=O) groups is 2. The number of rotatable bonds is 8. The molecule has 1 saturated heterocycles. The molecule has 1 spiro atoms. The molecule has 11 nitrogen and oxygen atoms in total. The van der Waals surface area contributed by atoms with Gasteiger partial charge in [-0.3, -0.25) is 0 Å². The van der Waals surface area contributed by atoms with Crippen LogP contribution in [-0.4, -0.2) is 104 Å². The number of cyclic esters (lactones) is 1. The van der Waals surface area contributed by atoms with Gasteiger partial charge in [0.05, 0.1) is 19.3 Å². The summed E-state index contributed by atoms with van der Waals surface area (Å²) in [6.07, 6.45) is 2.66. The van der Waals surface area contributed by atoms with Crippen molar-refractivity contribution in [3.05, 3.63) is 47.8 Å². The quantitative estimate of drug-likeness (QED) is 0.309. The zero-order valence-corrected chi connectivity index (χ0v) is 24.1. The number of ether oxygens (including phenoxy) is 6. The van der Waals surface area contributed by atoms with Crippen molar-refractivity contribution in [2.75, 3.05) is 34.5 Å². The van der Waals surface area contributed by atoms with Gasteiger partial charge in [0, 0.05) is 57.1 Å². The van der Waals surface area contributed by atoms with Crippen LogP contribution >= 0.6 is 0 Å². The molecule has 4 bridgehead atoms. The van der Waals surface area contributed by atoms with Crippen molar-refractivity contribution in [1.82, 2.24) is 4.98 Å². The van der Waals surface area contributed by atoms with Crippen molar-refractivity contribution in [3.63, 3.8) is 0 Å². The van der Waals surface area contributed by atoms with Crippen LogP contribution in [-0.2, 0) is 33.2 Å². The lowest BCUT2D eigenvalue weighted by Gasteiger charge is -2.49. The third-order valence-electron chi connectivity index (χ3n) is 9.34. The van der Waals surface area contributed by atoms with E-state index in [9.17, 15) is 19.8 Å². The topological polar surface area (TPSA) is 146 Å². The van der Waals surface area contributed by atoms with Gasteiger partial charge < -0.3 is 43.6 Å². The average molecular weight is 576 g/mol. The van der Waals surface area contributed by atoms with E-state index in [4.69, 9.17) is 28.4 Å². The molecule has 1 aromatic heterocycles. The zero-order valence-electron chi connectivity index (χ0n) is 24.1. The van der Waals surface area contributed by atoms with Crippen molar-refractivity contribution < 1.29 is 48.2 Å². The first-order valence-electron chi connectivity index (χ1n) is 14.1. The second-order valence-electron chi connectivity index (χ2n) is 11.6. The third kappa shape index (κ3) is 5.06. The Hall–Kier alpha value is -2.54. The molecule has 0 amide bonds. The number of H-pyrrole nitrogens is 1. The summed E-state index contributed by atoms with van der Waals surface area (Å²) >= 11 is 0. The van der Waals surface area contributed by atoms with E-state index in [0.29, 0.717) is 5.69 Å². The minimum absolute atomic E-state index is 0.0160. The maximum atomic E-state index is 13.3. The Balaban J connectivity index is 1.59. The molecule has 3 heterocycles. The monoisotopic (exact) mass is 575 g/mol. The van der Waals surface area contributed by atoms with E-state index in [2.05, 4.69) is 4.98 Å². The Bertz CT molecular complexity index is 1150. The molecular weight excluding hydrogens is 534 g/mol. The highest BCUT2D eigenvalue weighted by atomic mass is 16.6. The summed E-state index contributed by atoms with van der Waals surface area (Å²) in [5, 5.41) is 22.8. The van der Waals surface area contributed by atoms with Crippen LogP contribution < -0.4 is 0 Å². The van der Waals surface area contributed by atoms with Crippen molar-refractivity contribution in [2.45, 2.75) is 62.5 Å². The van der Waals surface area contributed by atoms with Gasteiger partial charge in [0.15, 0.2) is 6.10 Å². The van der Waals surface area contributed by atoms with E-state index in [-0.39, 0.29) is 31.5 Å². The number of aromatic amines is 1. The molecule has 0 unspecified atom stereocenters. The average Bonchev–Trinajstić information content (AvgIpc) is 3.54. The molecule has 0 aromatic carbocycles. The predicted octanol–water partition coefficient (Wildman–Crippen LogP) is 1.65. The normalized spacial score (nSPS) is 42.0. The summed E-state index contributed by atoms with van der Waals surface area (Å²) in [6.45, 7) is 3.95. The lowest BCUT2D eigenvalue weighted by molar-refractivity contribution is -0.174. The van der Waals surface area contributed by atoms with Gasteiger partial charge in [0.2, 0.25) is 0 Å². The molecule has 3 N–H and O–H groups in total. The number of esters is 2. The highest BCUT2D eigenvalue weighted by molar-refractivity contribution is 5.87. The van der Waals surface area contributed by atoms with E-state index >= 15 is 0 Å². The molecule has 2 fully saturated rings. The second kappa shape index (κ2) is 12.0. The molecule has 1 saturated carbocycles. The molecule has 1 aromatic rings. The van der Waals surface area contributed by atoms with Crippen LogP contribution in [0.3, 0.4) is 0 Å². The van der Waals surface area contributed by atoms with Gasteiger partial charge in [-0.2, -0.15) is 0 Å². The molecular formula is C30H41NO10. The third-order valence-corrected chi connectivity index (χ3v) is 9.34. The number of aliphatic hydroxyl groups is 2. The second-order valence-corrected chi connectivity index (χ2v) is 11.6. The fourth-order valence-electron chi connectivity index (χ4n) is 7.55. The van der Waals surface area contributed by atoms with Gasteiger partial charge in [-0.1, -0.05) is 25.2 Å². The lowest BCUT2D eigenvalue weighted by atomic mass is 9.57. The largest absolute Gasteiger partial charge is 0.457 e.